The van der Waals surface area contributed by atoms with Gasteiger partial charge in [0.05, 0.1) is 34.0 Å². The monoisotopic (exact) mass is 485 g/mol. The van der Waals surface area contributed by atoms with Crippen LogP contribution in [0.5, 0.6) is 17.2 Å². The molecule has 1 unspecified atom stereocenters. The molecule has 0 aliphatic carbocycles. The van der Waals surface area contributed by atoms with E-state index in [1.165, 1.54) is 20.4 Å². The number of amides is 2. The number of carbonyl (C=O) groups excluding carboxylic acids is 3. The zero-order valence-corrected chi connectivity index (χ0v) is 20.5. The Hall–Kier alpha value is -4.08. The molecule has 2 N–H and O–H groups in total. The Balaban J connectivity index is 1.96. The van der Waals surface area contributed by atoms with E-state index in [-0.39, 0.29) is 24.9 Å². The maximum absolute atomic E-state index is 12.7. The smallest absolute Gasteiger partial charge is 0.343 e. The van der Waals surface area contributed by atoms with Gasteiger partial charge in [-0.15, -0.1) is 0 Å². The van der Waals surface area contributed by atoms with E-state index >= 15 is 0 Å². The van der Waals surface area contributed by atoms with Gasteiger partial charge >= 0.3 is 5.97 Å². The third kappa shape index (κ3) is 8.65. The highest BCUT2D eigenvalue weighted by Crippen LogP contribution is 2.27. The number of benzene rings is 2. The first-order valence-corrected chi connectivity index (χ1v) is 10.9. The van der Waals surface area contributed by atoms with Crippen molar-refractivity contribution in [3.8, 4) is 17.2 Å². The lowest BCUT2D eigenvalue weighted by Crippen LogP contribution is -2.49. The molecule has 188 valence electrons. The largest absolute Gasteiger partial charge is 0.497 e. The van der Waals surface area contributed by atoms with Gasteiger partial charge in [0.15, 0.2) is 18.1 Å². The number of hydrogen-bond acceptors (Lipinski definition) is 8. The van der Waals surface area contributed by atoms with Gasteiger partial charge in [0, 0.05) is 0 Å². The Bertz CT molecular complexity index is 1040. The molecule has 0 aliphatic heterocycles. The molecule has 1 atom stereocenters. The van der Waals surface area contributed by atoms with Crippen LogP contribution in [0.2, 0.25) is 0 Å². The molecule has 2 aromatic rings. The summed E-state index contributed by atoms with van der Waals surface area (Å²) in [7, 11) is 4.31. The van der Waals surface area contributed by atoms with Crippen molar-refractivity contribution in [1.82, 2.24) is 10.7 Å². The van der Waals surface area contributed by atoms with E-state index in [1.54, 1.807) is 49.6 Å². The molecule has 0 radical (unpaired) electrons. The number of carbonyl (C=O) groups is 3. The molecule has 2 aromatic carbocycles. The minimum atomic E-state index is -0.762. The molecule has 0 saturated heterocycles. The highest BCUT2D eigenvalue weighted by atomic mass is 16.6. The second-order valence-electron chi connectivity index (χ2n) is 7.82. The molecular weight excluding hydrogens is 454 g/mol. The van der Waals surface area contributed by atoms with Crippen molar-refractivity contribution in [3.05, 3.63) is 53.6 Å². The molecule has 0 aliphatic rings. The van der Waals surface area contributed by atoms with Crippen LogP contribution in [-0.2, 0) is 25.5 Å². The van der Waals surface area contributed by atoms with E-state index in [0.717, 1.165) is 5.56 Å². The topological polar surface area (TPSA) is 125 Å². The molecule has 0 aromatic heterocycles. The summed E-state index contributed by atoms with van der Waals surface area (Å²) < 4.78 is 20.3. The maximum Gasteiger partial charge on any atom is 0.343 e. The summed E-state index contributed by atoms with van der Waals surface area (Å²) >= 11 is 0. The lowest BCUT2D eigenvalue weighted by molar-refractivity contribution is -0.143. The van der Waals surface area contributed by atoms with Gasteiger partial charge in [0.1, 0.15) is 11.8 Å². The third-order valence-corrected chi connectivity index (χ3v) is 4.94. The molecule has 10 heteroatoms. The number of hydrogen-bond donors (Lipinski definition) is 2. The van der Waals surface area contributed by atoms with E-state index in [2.05, 4.69) is 20.6 Å². The lowest BCUT2D eigenvalue weighted by Gasteiger charge is -2.20. The highest BCUT2D eigenvalue weighted by molar-refractivity contribution is 5.89. The van der Waals surface area contributed by atoms with Crippen molar-refractivity contribution in [2.75, 3.05) is 27.9 Å². The third-order valence-electron chi connectivity index (χ3n) is 4.94. The molecule has 0 heterocycles. The first-order chi connectivity index (χ1) is 16.8. The van der Waals surface area contributed by atoms with Gasteiger partial charge in [-0.25, -0.2) is 10.2 Å². The van der Waals surface area contributed by atoms with Crippen LogP contribution in [0.1, 0.15) is 25.0 Å². The molecule has 0 fully saturated rings. The fourth-order valence-corrected chi connectivity index (χ4v) is 3.01. The van der Waals surface area contributed by atoms with Gasteiger partial charge in [-0.05, 0) is 47.4 Å². The molecule has 0 bridgehead atoms. The normalized spacial score (nSPS) is 11.6. The van der Waals surface area contributed by atoms with Gasteiger partial charge in [0.2, 0.25) is 5.91 Å². The lowest BCUT2D eigenvalue weighted by atomic mass is 10.0. The second kappa shape index (κ2) is 13.6. The van der Waals surface area contributed by atoms with Crippen molar-refractivity contribution in [2.45, 2.75) is 26.3 Å². The molecule has 35 heavy (non-hydrogen) atoms. The summed E-state index contributed by atoms with van der Waals surface area (Å²) in [6.07, 6.45) is 1.56. The summed E-state index contributed by atoms with van der Waals surface area (Å²) in [5.74, 6) is 0.0538. The second-order valence-corrected chi connectivity index (χ2v) is 7.82. The minimum absolute atomic E-state index is 0.133. The van der Waals surface area contributed by atoms with Gasteiger partial charge < -0.3 is 24.3 Å². The fourth-order valence-electron chi connectivity index (χ4n) is 3.01. The Kier molecular flexibility index (Phi) is 10.5. The average molecular weight is 486 g/mol. The van der Waals surface area contributed by atoms with Crippen LogP contribution in [0.3, 0.4) is 0 Å². The van der Waals surface area contributed by atoms with Gasteiger partial charge in [-0.2, -0.15) is 5.10 Å². The Morgan fingerprint density at radius 3 is 2.29 bits per heavy atom. The summed E-state index contributed by atoms with van der Waals surface area (Å²) in [6.45, 7) is 3.41. The van der Waals surface area contributed by atoms with E-state index in [0.29, 0.717) is 22.8 Å². The first-order valence-electron chi connectivity index (χ1n) is 10.9. The SMILES string of the molecule is COC(=O)COc1ccc(/C=N/NC(=O)C(NC(=O)Cc2ccc(OC)cc2)C(C)C)cc1OC. The van der Waals surface area contributed by atoms with Crippen LogP contribution >= 0.6 is 0 Å². The Labute approximate surface area is 204 Å². The fraction of sp³-hybridized carbons (Fsp3) is 0.360. The number of hydrazone groups is 1. The van der Waals surface area contributed by atoms with Crippen molar-refractivity contribution in [1.29, 1.82) is 0 Å². The predicted octanol–water partition coefficient (Wildman–Crippen LogP) is 2.09. The number of nitrogens with one attached hydrogen (secondary N) is 2. The van der Waals surface area contributed by atoms with E-state index in [9.17, 15) is 14.4 Å². The van der Waals surface area contributed by atoms with E-state index in [1.807, 2.05) is 13.8 Å². The average Bonchev–Trinajstić information content (AvgIpc) is 2.86. The van der Waals surface area contributed by atoms with Crippen molar-refractivity contribution >= 4 is 24.0 Å². The van der Waals surface area contributed by atoms with Crippen molar-refractivity contribution in [3.63, 3.8) is 0 Å². The number of rotatable bonds is 12. The number of esters is 1. The number of nitrogens with zero attached hydrogens (tertiary/aromatic N) is 1. The van der Waals surface area contributed by atoms with E-state index in [4.69, 9.17) is 14.2 Å². The predicted molar refractivity (Wildman–Crippen MR) is 130 cm³/mol. The van der Waals surface area contributed by atoms with Crippen LogP contribution in [0, 0.1) is 5.92 Å². The molecular formula is C25H31N3O7. The van der Waals surface area contributed by atoms with Crippen molar-refractivity contribution in [2.24, 2.45) is 11.0 Å². The zero-order chi connectivity index (χ0) is 25.8. The summed E-state index contributed by atoms with van der Waals surface area (Å²) in [6, 6.07) is 11.3. The quantitative estimate of drug-likeness (QED) is 0.268. The van der Waals surface area contributed by atoms with Crippen LogP contribution < -0.4 is 25.0 Å². The van der Waals surface area contributed by atoms with Crippen molar-refractivity contribution < 1.29 is 33.3 Å². The van der Waals surface area contributed by atoms with Gasteiger partial charge in [0.25, 0.3) is 5.91 Å². The molecule has 10 nitrogen and oxygen atoms in total. The minimum Gasteiger partial charge on any atom is -0.497 e. The standard InChI is InChI=1S/C25H31N3O7/c1-16(2)24(27-22(29)13-17-6-9-19(32-3)10-7-17)25(31)28-26-14-18-8-11-20(21(12-18)33-4)35-15-23(30)34-5/h6-12,14,16,24H,13,15H2,1-5H3,(H,27,29)(H,28,31)/b26-14+. The maximum atomic E-state index is 12.7. The molecule has 0 spiro atoms. The Morgan fingerprint density at radius 2 is 1.69 bits per heavy atom. The summed E-state index contributed by atoms with van der Waals surface area (Å²) in [5.41, 5.74) is 3.89. The highest BCUT2D eigenvalue weighted by Gasteiger charge is 2.24. The van der Waals surface area contributed by atoms with Gasteiger partial charge in [-0.3, -0.25) is 9.59 Å². The molecule has 2 rings (SSSR count). The van der Waals surface area contributed by atoms with Crippen LogP contribution in [0.4, 0.5) is 0 Å². The number of methoxy groups -OCH3 is 3. The summed E-state index contributed by atoms with van der Waals surface area (Å²) in [4.78, 5) is 36.4. The van der Waals surface area contributed by atoms with Gasteiger partial charge in [-0.1, -0.05) is 26.0 Å². The number of ether oxygens (including phenoxy) is 4. The Morgan fingerprint density at radius 1 is 0.971 bits per heavy atom. The molecule has 2 amide bonds. The van der Waals surface area contributed by atoms with Crippen LogP contribution in [0.15, 0.2) is 47.6 Å². The molecule has 0 saturated carbocycles. The van der Waals surface area contributed by atoms with E-state index < -0.39 is 17.9 Å². The van der Waals surface area contributed by atoms with Crippen LogP contribution in [0.25, 0.3) is 0 Å². The van der Waals surface area contributed by atoms with Crippen LogP contribution in [-0.4, -0.2) is 58.0 Å². The first kappa shape index (κ1) is 27.2. The zero-order valence-electron chi connectivity index (χ0n) is 20.5. The summed E-state index contributed by atoms with van der Waals surface area (Å²) in [5, 5.41) is 6.75.